The molecule has 0 bridgehead atoms. The molecule has 0 fully saturated rings. The molecular formula is C33H23BrO2S. The van der Waals surface area contributed by atoms with Crippen molar-refractivity contribution in [2.75, 3.05) is 0 Å². The molecule has 37 heavy (non-hydrogen) atoms. The van der Waals surface area contributed by atoms with Crippen molar-refractivity contribution >= 4 is 95.6 Å². The second kappa shape index (κ2) is 8.83. The van der Waals surface area contributed by atoms with Crippen LogP contribution in [0, 0.1) is 0 Å². The molecule has 0 spiro atoms. The Morgan fingerprint density at radius 1 is 0.784 bits per heavy atom. The van der Waals surface area contributed by atoms with Gasteiger partial charge in [0.05, 0.1) is 0 Å². The molecule has 0 N–H and O–H groups in total. The Bertz CT molecular complexity index is 2060. The summed E-state index contributed by atoms with van der Waals surface area (Å²) in [6.45, 7) is 2.15. The minimum Gasteiger partial charge on any atom is -0.456 e. The molecule has 0 amide bonds. The van der Waals surface area contributed by atoms with Crippen molar-refractivity contribution in [2.24, 2.45) is 0 Å². The lowest BCUT2D eigenvalue weighted by Gasteiger charge is -2.17. The average Bonchev–Trinajstić information content (AvgIpc) is 3.48. The van der Waals surface area contributed by atoms with E-state index in [2.05, 4.69) is 83.6 Å². The summed E-state index contributed by atoms with van der Waals surface area (Å²) in [6, 6.07) is 18.9. The third kappa shape index (κ3) is 3.47. The zero-order chi connectivity index (χ0) is 25.1. The Labute approximate surface area is 227 Å². The van der Waals surface area contributed by atoms with Crippen LogP contribution < -0.4 is 10.4 Å². The van der Waals surface area contributed by atoms with E-state index in [9.17, 15) is 0 Å². The second-order valence-corrected chi connectivity index (χ2v) is 10.5. The van der Waals surface area contributed by atoms with E-state index in [-0.39, 0.29) is 0 Å². The van der Waals surface area contributed by atoms with Gasteiger partial charge in [-0.3, -0.25) is 0 Å². The van der Waals surface area contributed by atoms with Gasteiger partial charge >= 0.3 is 0 Å². The topological polar surface area (TPSA) is 26.3 Å². The summed E-state index contributed by atoms with van der Waals surface area (Å²) in [6.07, 6.45) is 12.1. The van der Waals surface area contributed by atoms with Gasteiger partial charge in [0.25, 0.3) is 0 Å². The standard InChI is InChI=1S/C33H23BrO2S/c1-2-3-8-23-27(18-37)32(21-10-4-5-11-22(21)33(23)34)19-13-14-29-24(15-19)26-17-30-25(16-31(26)36-29)20-9-6-7-12-28(20)35-30/h3,6-18H,2,4-5H2,1H3/b8-3-. The summed E-state index contributed by atoms with van der Waals surface area (Å²) in [5.41, 5.74) is 8.03. The van der Waals surface area contributed by atoms with Crippen LogP contribution in [-0.4, -0.2) is 5.37 Å². The predicted octanol–water partition coefficient (Wildman–Crippen LogP) is 9.04. The fourth-order valence-electron chi connectivity index (χ4n) is 5.64. The highest BCUT2D eigenvalue weighted by Crippen LogP contribution is 2.38. The van der Waals surface area contributed by atoms with Gasteiger partial charge in [-0.15, -0.1) is 0 Å². The number of furan rings is 2. The van der Waals surface area contributed by atoms with Gasteiger partial charge in [-0.05, 0) is 92.7 Å². The van der Waals surface area contributed by atoms with Crippen LogP contribution in [0.1, 0.15) is 37.3 Å². The third-order valence-electron chi connectivity index (χ3n) is 7.35. The van der Waals surface area contributed by atoms with Crippen LogP contribution in [0.4, 0.5) is 0 Å². The number of hydrogen-bond donors (Lipinski definition) is 0. The van der Waals surface area contributed by atoms with E-state index in [0.29, 0.717) is 0 Å². The minimum absolute atomic E-state index is 0.866. The lowest BCUT2D eigenvalue weighted by atomic mass is 9.89. The monoisotopic (exact) mass is 562 g/mol. The molecule has 7 rings (SSSR count). The molecule has 2 aromatic heterocycles. The molecule has 0 unspecified atom stereocenters. The molecule has 2 nitrogen and oxygen atoms in total. The SMILES string of the molecule is CC/C=C\c1c(C=S)c(-c2ccc3oc4cc5c(cc4c3c2)oc2ccccc25)c2c(c1Br)=CCCC=2. The third-order valence-corrected chi connectivity index (χ3v) is 8.44. The van der Waals surface area contributed by atoms with Crippen molar-refractivity contribution in [3.63, 3.8) is 0 Å². The van der Waals surface area contributed by atoms with Crippen molar-refractivity contribution in [3.05, 3.63) is 86.7 Å². The summed E-state index contributed by atoms with van der Waals surface area (Å²) >= 11 is 9.52. The minimum atomic E-state index is 0.866. The van der Waals surface area contributed by atoms with E-state index >= 15 is 0 Å². The zero-order valence-corrected chi connectivity index (χ0v) is 22.7. The fourth-order valence-corrected chi connectivity index (χ4v) is 6.61. The molecule has 4 heteroatoms. The maximum atomic E-state index is 6.33. The zero-order valence-electron chi connectivity index (χ0n) is 20.3. The van der Waals surface area contributed by atoms with E-state index in [0.717, 1.165) is 84.3 Å². The highest BCUT2D eigenvalue weighted by atomic mass is 79.9. The molecule has 180 valence electrons. The van der Waals surface area contributed by atoms with E-state index < -0.39 is 0 Å². The molecule has 0 saturated heterocycles. The molecule has 0 atom stereocenters. The molecule has 6 aromatic rings. The number of halogens is 1. The number of rotatable bonds is 4. The summed E-state index contributed by atoms with van der Waals surface area (Å²) in [4.78, 5) is 0. The van der Waals surface area contributed by atoms with E-state index in [4.69, 9.17) is 21.1 Å². The Morgan fingerprint density at radius 2 is 1.46 bits per heavy atom. The van der Waals surface area contributed by atoms with Crippen molar-refractivity contribution in [1.82, 2.24) is 0 Å². The lowest BCUT2D eigenvalue weighted by Crippen LogP contribution is -2.32. The highest BCUT2D eigenvalue weighted by Gasteiger charge is 2.18. The van der Waals surface area contributed by atoms with Crippen LogP contribution in [0.5, 0.6) is 0 Å². The predicted molar refractivity (Wildman–Crippen MR) is 164 cm³/mol. The van der Waals surface area contributed by atoms with Gasteiger partial charge in [-0.1, -0.05) is 67.7 Å². The quantitative estimate of drug-likeness (QED) is 0.200. The lowest BCUT2D eigenvalue weighted by molar-refractivity contribution is 0.664. The van der Waals surface area contributed by atoms with Gasteiger partial charge in [0.1, 0.15) is 22.3 Å². The largest absolute Gasteiger partial charge is 0.456 e. The number of thiocarbonyl (C=S) groups is 1. The number of allylic oxidation sites excluding steroid dienone is 1. The molecule has 2 heterocycles. The van der Waals surface area contributed by atoms with Crippen molar-refractivity contribution < 1.29 is 8.83 Å². The molecule has 4 aromatic carbocycles. The number of para-hydroxylation sites is 1. The molecule has 1 aliphatic carbocycles. The van der Waals surface area contributed by atoms with Gasteiger partial charge in [0.2, 0.25) is 0 Å². The van der Waals surface area contributed by atoms with Crippen LogP contribution in [0.2, 0.25) is 0 Å². The van der Waals surface area contributed by atoms with Gasteiger partial charge in [-0.2, -0.15) is 0 Å². The smallest absolute Gasteiger partial charge is 0.136 e. The summed E-state index contributed by atoms with van der Waals surface area (Å²) in [5.74, 6) is 0. The summed E-state index contributed by atoms with van der Waals surface area (Å²) < 4.78 is 13.6. The Morgan fingerprint density at radius 3 is 2.22 bits per heavy atom. The molecule has 0 aliphatic heterocycles. The summed E-state index contributed by atoms with van der Waals surface area (Å²) in [7, 11) is 0. The number of hydrogen-bond acceptors (Lipinski definition) is 3. The normalized spacial score (nSPS) is 13.5. The Balaban J connectivity index is 1.54. The van der Waals surface area contributed by atoms with Crippen LogP contribution in [-0.2, 0) is 0 Å². The van der Waals surface area contributed by atoms with Gasteiger partial charge in [-0.25, -0.2) is 0 Å². The Hall–Kier alpha value is -3.47. The van der Waals surface area contributed by atoms with Crippen molar-refractivity contribution in [2.45, 2.75) is 26.2 Å². The fraction of sp³-hybridized carbons (Fsp3) is 0.121. The van der Waals surface area contributed by atoms with Crippen molar-refractivity contribution in [1.29, 1.82) is 0 Å². The Kier molecular flexibility index (Phi) is 5.42. The van der Waals surface area contributed by atoms with Crippen molar-refractivity contribution in [3.8, 4) is 11.1 Å². The van der Waals surface area contributed by atoms with E-state index in [1.165, 1.54) is 16.0 Å². The molecule has 1 aliphatic rings. The van der Waals surface area contributed by atoms with Crippen LogP contribution >= 0.6 is 28.1 Å². The first-order valence-electron chi connectivity index (χ1n) is 12.6. The second-order valence-electron chi connectivity index (χ2n) is 9.51. The number of benzene rings is 4. The number of fused-ring (bicyclic) bond motifs is 7. The summed E-state index contributed by atoms with van der Waals surface area (Å²) in [5, 5.41) is 8.63. The molecular weight excluding hydrogens is 540 g/mol. The first-order valence-corrected chi connectivity index (χ1v) is 13.9. The first kappa shape index (κ1) is 22.7. The van der Waals surface area contributed by atoms with Gasteiger partial charge < -0.3 is 8.83 Å². The van der Waals surface area contributed by atoms with Crippen LogP contribution in [0.25, 0.3) is 73.2 Å². The van der Waals surface area contributed by atoms with E-state index in [1.807, 2.05) is 23.6 Å². The average molecular weight is 564 g/mol. The van der Waals surface area contributed by atoms with Gasteiger partial charge in [0, 0.05) is 36.9 Å². The van der Waals surface area contributed by atoms with Crippen LogP contribution in [0.15, 0.2) is 74.0 Å². The maximum absolute atomic E-state index is 6.33. The molecule has 0 saturated carbocycles. The van der Waals surface area contributed by atoms with E-state index in [1.54, 1.807) is 0 Å². The van der Waals surface area contributed by atoms with Gasteiger partial charge in [0.15, 0.2) is 0 Å². The van der Waals surface area contributed by atoms with Crippen LogP contribution in [0.3, 0.4) is 0 Å². The maximum Gasteiger partial charge on any atom is 0.136 e. The first-order chi connectivity index (χ1) is 18.2. The highest BCUT2D eigenvalue weighted by molar-refractivity contribution is 9.10. The molecule has 0 radical (unpaired) electrons.